The Morgan fingerprint density at radius 2 is 1.96 bits per heavy atom. The molecule has 4 nitrogen and oxygen atoms in total. The molecule has 0 aromatic carbocycles. The number of hydrogen-bond donors (Lipinski definition) is 3. The molecule has 0 aromatic heterocycles. The standard InChI is InChI=1S/C17H16ClF3N2O2/c18-12-5-1-3-10(7-12)15(9-14(22)16(24)25)23-13-6-2-4-11(8-13)17(19,20)21/h1-3,6-9,11-12,22-23H,4-5H2,(H,24,25)/p+1/b15-9-,22-14?. The van der Waals surface area contributed by atoms with E-state index in [1.54, 1.807) is 24.3 Å². The van der Waals surface area contributed by atoms with Crippen LogP contribution in [0.2, 0.25) is 0 Å². The molecule has 0 aliphatic heterocycles. The number of carbonyl (C=O) groups is 1. The molecule has 25 heavy (non-hydrogen) atoms. The fourth-order valence-electron chi connectivity index (χ4n) is 2.47. The third kappa shape index (κ3) is 5.44. The largest absolute Gasteiger partial charge is 0.477 e. The molecule has 134 valence electrons. The molecule has 0 fully saturated rings. The molecule has 2 atom stereocenters. The summed E-state index contributed by atoms with van der Waals surface area (Å²) in [5.74, 6) is -3.00. The van der Waals surface area contributed by atoms with E-state index in [1.807, 2.05) is 0 Å². The minimum absolute atomic E-state index is 0.128. The molecular formula is C17H17ClF3N2O2+. The van der Waals surface area contributed by atoms with Gasteiger partial charge in [0.25, 0.3) is 0 Å². The summed E-state index contributed by atoms with van der Waals surface area (Å²) in [5.41, 5.74) is 0.544. The first-order valence-corrected chi connectivity index (χ1v) is 7.96. The van der Waals surface area contributed by atoms with Gasteiger partial charge in [0.2, 0.25) is 0 Å². The van der Waals surface area contributed by atoms with E-state index in [1.165, 1.54) is 11.4 Å². The maximum Gasteiger partial charge on any atom is 0.395 e. The van der Waals surface area contributed by atoms with Gasteiger partial charge >= 0.3 is 12.1 Å². The second-order valence-corrected chi connectivity index (χ2v) is 6.25. The van der Waals surface area contributed by atoms with Gasteiger partial charge in [0.15, 0.2) is 0 Å². The quantitative estimate of drug-likeness (QED) is 0.511. The molecule has 0 saturated carbocycles. The van der Waals surface area contributed by atoms with E-state index in [-0.39, 0.29) is 11.8 Å². The SMILES string of the molecule is N=C(/C=C(\[NH2+]C1=CC(C(F)(F)F)CC=C1)C1=CC(Cl)CC=C1)C(=O)O. The number of allylic oxidation sites excluding steroid dienone is 6. The van der Waals surface area contributed by atoms with Crippen LogP contribution in [-0.4, -0.2) is 28.3 Å². The molecule has 8 heteroatoms. The molecule has 0 amide bonds. The fraction of sp³-hybridized carbons (Fsp3) is 0.294. The van der Waals surface area contributed by atoms with Crippen LogP contribution in [0.4, 0.5) is 13.2 Å². The number of rotatable bonds is 5. The molecule has 0 saturated heterocycles. The Balaban J connectivity index is 2.32. The third-order valence-corrected chi connectivity index (χ3v) is 4.02. The van der Waals surface area contributed by atoms with Crippen LogP contribution in [-0.2, 0) is 4.79 Å². The van der Waals surface area contributed by atoms with E-state index in [4.69, 9.17) is 22.1 Å². The monoisotopic (exact) mass is 373 g/mol. The van der Waals surface area contributed by atoms with Crippen LogP contribution in [0.15, 0.2) is 59.5 Å². The van der Waals surface area contributed by atoms with Crippen LogP contribution >= 0.6 is 11.6 Å². The van der Waals surface area contributed by atoms with Crippen molar-refractivity contribution in [3.8, 4) is 0 Å². The van der Waals surface area contributed by atoms with Gasteiger partial charge in [0.1, 0.15) is 17.1 Å². The summed E-state index contributed by atoms with van der Waals surface area (Å²) in [6.45, 7) is 0. The average Bonchev–Trinajstić information content (AvgIpc) is 2.53. The van der Waals surface area contributed by atoms with Crippen LogP contribution in [0.25, 0.3) is 0 Å². The number of quaternary nitrogens is 1. The molecule has 2 rings (SSSR count). The van der Waals surface area contributed by atoms with Crippen molar-refractivity contribution in [2.45, 2.75) is 24.4 Å². The lowest BCUT2D eigenvalue weighted by Gasteiger charge is -2.19. The number of nitrogens with one attached hydrogen (secondary N) is 1. The van der Waals surface area contributed by atoms with Gasteiger partial charge in [-0.3, -0.25) is 10.7 Å². The second kappa shape index (κ2) is 7.84. The zero-order valence-corrected chi connectivity index (χ0v) is 13.8. The summed E-state index contributed by atoms with van der Waals surface area (Å²) in [5, 5.41) is 17.6. The zero-order valence-electron chi connectivity index (χ0n) is 13.1. The van der Waals surface area contributed by atoms with Crippen molar-refractivity contribution in [3.63, 3.8) is 0 Å². The molecule has 0 aromatic rings. The van der Waals surface area contributed by atoms with Gasteiger partial charge < -0.3 is 5.11 Å². The van der Waals surface area contributed by atoms with Crippen molar-refractivity contribution in [2.24, 2.45) is 5.92 Å². The van der Waals surface area contributed by atoms with Gasteiger partial charge in [0.05, 0.1) is 11.3 Å². The average molecular weight is 374 g/mol. The number of halogens is 4. The van der Waals surface area contributed by atoms with Crippen molar-refractivity contribution in [1.82, 2.24) is 0 Å². The molecule has 2 unspecified atom stereocenters. The van der Waals surface area contributed by atoms with Crippen molar-refractivity contribution >= 4 is 23.3 Å². The zero-order chi connectivity index (χ0) is 18.6. The first-order valence-electron chi connectivity index (χ1n) is 7.53. The van der Waals surface area contributed by atoms with E-state index in [9.17, 15) is 18.0 Å². The summed E-state index contributed by atoms with van der Waals surface area (Å²) in [7, 11) is 0. The van der Waals surface area contributed by atoms with E-state index in [2.05, 4.69) is 0 Å². The lowest BCUT2D eigenvalue weighted by molar-refractivity contribution is -0.546. The summed E-state index contributed by atoms with van der Waals surface area (Å²) in [6.07, 6.45) is 6.52. The predicted molar refractivity (Wildman–Crippen MR) is 88.2 cm³/mol. The highest BCUT2D eigenvalue weighted by Gasteiger charge is 2.39. The lowest BCUT2D eigenvalue weighted by Crippen LogP contribution is -2.80. The summed E-state index contributed by atoms with van der Waals surface area (Å²) in [4.78, 5) is 10.9. The third-order valence-electron chi connectivity index (χ3n) is 3.72. The van der Waals surface area contributed by atoms with Gasteiger partial charge in [-0.15, -0.1) is 11.6 Å². The maximum atomic E-state index is 12.9. The molecule has 2 aliphatic carbocycles. The Bertz CT molecular complexity index is 718. The Kier molecular flexibility index (Phi) is 6.02. The first kappa shape index (κ1) is 19.2. The molecule has 0 spiro atoms. The van der Waals surface area contributed by atoms with Crippen LogP contribution < -0.4 is 5.32 Å². The van der Waals surface area contributed by atoms with E-state index < -0.39 is 23.8 Å². The molecule has 0 heterocycles. The predicted octanol–water partition coefficient (Wildman–Crippen LogP) is 3.05. The van der Waals surface area contributed by atoms with Crippen LogP contribution in [0, 0.1) is 11.3 Å². The van der Waals surface area contributed by atoms with E-state index in [0.29, 0.717) is 23.4 Å². The van der Waals surface area contributed by atoms with Gasteiger partial charge in [-0.25, -0.2) is 4.79 Å². The number of carboxylic acid groups (broad SMARTS) is 1. The topological polar surface area (TPSA) is 77.8 Å². The maximum absolute atomic E-state index is 12.9. The second-order valence-electron chi connectivity index (χ2n) is 5.69. The molecule has 0 radical (unpaired) electrons. The minimum Gasteiger partial charge on any atom is -0.477 e. The van der Waals surface area contributed by atoms with Gasteiger partial charge in [-0.1, -0.05) is 24.3 Å². The Morgan fingerprint density at radius 1 is 1.28 bits per heavy atom. The van der Waals surface area contributed by atoms with E-state index in [0.717, 1.165) is 12.2 Å². The minimum atomic E-state index is -4.34. The highest BCUT2D eigenvalue weighted by molar-refractivity contribution is 6.39. The summed E-state index contributed by atoms with van der Waals surface area (Å²) >= 11 is 6.06. The van der Waals surface area contributed by atoms with Gasteiger partial charge in [-0.2, -0.15) is 13.2 Å². The van der Waals surface area contributed by atoms with Crippen molar-refractivity contribution < 1.29 is 28.4 Å². The van der Waals surface area contributed by atoms with Crippen LogP contribution in [0.1, 0.15) is 12.8 Å². The Morgan fingerprint density at radius 3 is 2.56 bits per heavy atom. The number of nitrogens with two attached hydrogens (primary N) is 1. The highest BCUT2D eigenvalue weighted by Crippen LogP contribution is 2.32. The number of hydrogen-bond acceptors (Lipinski definition) is 2. The Hall–Kier alpha value is -2.12. The van der Waals surface area contributed by atoms with Crippen molar-refractivity contribution in [1.29, 1.82) is 5.41 Å². The molecule has 0 bridgehead atoms. The molecule has 4 N–H and O–H groups in total. The van der Waals surface area contributed by atoms with Crippen LogP contribution in [0.3, 0.4) is 0 Å². The number of aliphatic carboxylic acids is 1. The number of carboxylic acids is 1. The normalized spacial score (nSPS) is 23.9. The van der Waals surface area contributed by atoms with E-state index >= 15 is 0 Å². The molecule has 2 aliphatic rings. The molecular weight excluding hydrogens is 357 g/mol. The van der Waals surface area contributed by atoms with Crippen molar-refractivity contribution in [2.75, 3.05) is 0 Å². The van der Waals surface area contributed by atoms with Gasteiger partial charge in [-0.05, 0) is 25.0 Å². The van der Waals surface area contributed by atoms with Gasteiger partial charge in [0, 0.05) is 11.6 Å². The fourth-order valence-corrected chi connectivity index (χ4v) is 2.71. The highest BCUT2D eigenvalue weighted by atomic mass is 35.5. The summed E-state index contributed by atoms with van der Waals surface area (Å²) < 4.78 is 38.7. The summed E-state index contributed by atoms with van der Waals surface area (Å²) in [6, 6.07) is 0. The van der Waals surface area contributed by atoms with Crippen molar-refractivity contribution in [3.05, 3.63) is 59.5 Å². The first-order chi connectivity index (χ1) is 11.7. The van der Waals surface area contributed by atoms with Crippen LogP contribution in [0.5, 0.6) is 0 Å². The number of alkyl halides is 4. The Labute approximate surface area is 147 Å². The lowest BCUT2D eigenvalue weighted by atomic mass is 9.97. The smallest absolute Gasteiger partial charge is 0.395 e.